The quantitative estimate of drug-likeness (QED) is 0.731. The van der Waals surface area contributed by atoms with Crippen LogP contribution in [-0.4, -0.2) is 37.9 Å². The van der Waals surface area contributed by atoms with Crippen molar-refractivity contribution >= 4 is 16.6 Å². The van der Waals surface area contributed by atoms with Crippen molar-refractivity contribution in [3.8, 4) is 6.07 Å². The Labute approximate surface area is 155 Å². The van der Waals surface area contributed by atoms with Gasteiger partial charge >= 0.3 is 0 Å². The number of pyridine rings is 2. The molecule has 1 aliphatic heterocycles. The number of hydrogen-bond donors (Lipinski definition) is 2. The first-order valence-electron chi connectivity index (χ1n) is 8.81. The number of nitriles is 1. The Balaban J connectivity index is 1.87. The van der Waals surface area contributed by atoms with Crippen LogP contribution in [0.25, 0.3) is 10.9 Å². The number of hydrogen-bond acceptors (Lipinski definition) is 6. The van der Waals surface area contributed by atoms with Crippen LogP contribution in [0.2, 0.25) is 0 Å². The SMILES string of the molecule is CC(C)(O)c1cc2c(N3CC[C@@H](n4cccn4)C3)c(C#N)c(=O)[nH]c2cn1. The topological polar surface area (TPSA) is 111 Å². The molecular weight excluding hydrogens is 344 g/mol. The summed E-state index contributed by atoms with van der Waals surface area (Å²) in [6.07, 6.45) is 6.07. The summed E-state index contributed by atoms with van der Waals surface area (Å²) in [6.45, 7) is 4.66. The summed E-state index contributed by atoms with van der Waals surface area (Å²) in [5.74, 6) is 0. The maximum Gasteiger partial charge on any atom is 0.268 e. The average Bonchev–Trinajstić information content (AvgIpc) is 3.30. The highest BCUT2D eigenvalue weighted by molar-refractivity contribution is 5.94. The Hall–Kier alpha value is -3.18. The van der Waals surface area contributed by atoms with Crippen molar-refractivity contribution in [1.29, 1.82) is 5.26 Å². The number of aromatic nitrogens is 4. The molecule has 0 bridgehead atoms. The highest BCUT2D eigenvalue weighted by Crippen LogP contribution is 2.34. The van der Waals surface area contributed by atoms with Gasteiger partial charge in [0, 0.05) is 30.9 Å². The molecule has 1 saturated heterocycles. The van der Waals surface area contributed by atoms with Gasteiger partial charge in [0.2, 0.25) is 0 Å². The van der Waals surface area contributed by atoms with Gasteiger partial charge in [-0.25, -0.2) is 0 Å². The lowest BCUT2D eigenvalue weighted by molar-refractivity contribution is 0.0740. The van der Waals surface area contributed by atoms with Crippen molar-refractivity contribution in [2.24, 2.45) is 0 Å². The van der Waals surface area contributed by atoms with E-state index in [0.29, 0.717) is 35.4 Å². The number of aromatic amines is 1. The summed E-state index contributed by atoms with van der Waals surface area (Å²) in [5, 5.41) is 25.0. The van der Waals surface area contributed by atoms with E-state index in [1.807, 2.05) is 23.0 Å². The van der Waals surface area contributed by atoms with E-state index >= 15 is 0 Å². The molecule has 0 saturated carbocycles. The van der Waals surface area contributed by atoms with E-state index in [1.165, 1.54) is 6.20 Å². The van der Waals surface area contributed by atoms with Crippen LogP contribution in [0, 0.1) is 11.3 Å². The van der Waals surface area contributed by atoms with Crippen LogP contribution in [0.3, 0.4) is 0 Å². The summed E-state index contributed by atoms with van der Waals surface area (Å²) in [4.78, 5) is 21.5. The first-order valence-corrected chi connectivity index (χ1v) is 8.81. The summed E-state index contributed by atoms with van der Waals surface area (Å²) in [6, 6.07) is 5.86. The Morgan fingerprint density at radius 3 is 2.93 bits per heavy atom. The lowest BCUT2D eigenvalue weighted by atomic mass is 10.0. The third kappa shape index (κ3) is 2.96. The maximum absolute atomic E-state index is 12.4. The summed E-state index contributed by atoms with van der Waals surface area (Å²) in [7, 11) is 0. The standard InChI is InChI=1S/C19H20N6O2/c1-19(2,27)16-8-13-15(10-21-16)23-18(26)14(9-20)17(13)24-7-4-12(11-24)25-6-3-5-22-25/h3,5-6,8,10,12,27H,4,7,11H2,1-2H3,(H,23,26)/t12-/m1/s1. The second-order valence-corrected chi connectivity index (χ2v) is 7.34. The molecule has 3 aromatic heterocycles. The molecule has 0 aromatic carbocycles. The van der Waals surface area contributed by atoms with E-state index in [4.69, 9.17) is 0 Å². The molecular formula is C19H20N6O2. The summed E-state index contributed by atoms with van der Waals surface area (Å²) < 4.78 is 1.91. The molecule has 138 valence electrons. The molecule has 0 unspecified atom stereocenters. The molecule has 4 heterocycles. The third-order valence-corrected chi connectivity index (χ3v) is 4.99. The molecule has 1 atom stereocenters. The van der Waals surface area contributed by atoms with Crippen molar-refractivity contribution in [3.63, 3.8) is 0 Å². The molecule has 3 aromatic rings. The van der Waals surface area contributed by atoms with Crippen LogP contribution in [0.4, 0.5) is 5.69 Å². The predicted octanol–water partition coefficient (Wildman–Crippen LogP) is 1.67. The highest BCUT2D eigenvalue weighted by Gasteiger charge is 2.29. The van der Waals surface area contributed by atoms with E-state index in [1.54, 1.807) is 26.1 Å². The second kappa shape index (κ2) is 6.21. The molecule has 4 rings (SSSR count). The molecule has 0 amide bonds. The largest absolute Gasteiger partial charge is 0.384 e. The fourth-order valence-electron chi connectivity index (χ4n) is 3.60. The average molecular weight is 364 g/mol. The van der Waals surface area contributed by atoms with Gasteiger partial charge < -0.3 is 15.0 Å². The number of H-pyrrole nitrogens is 1. The second-order valence-electron chi connectivity index (χ2n) is 7.34. The lowest BCUT2D eigenvalue weighted by Crippen LogP contribution is -2.26. The summed E-state index contributed by atoms with van der Waals surface area (Å²) >= 11 is 0. The normalized spacial score (nSPS) is 17.4. The van der Waals surface area contributed by atoms with Gasteiger partial charge in [-0.3, -0.25) is 14.5 Å². The van der Waals surface area contributed by atoms with Gasteiger partial charge in [0.1, 0.15) is 17.2 Å². The fourth-order valence-corrected chi connectivity index (χ4v) is 3.60. The molecule has 0 spiro atoms. The van der Waals surface area contributed by atoms with E-state index < -0.39 is 11.2 Å². The van der Waals surface area contributed by atoms with Crippen LogP contribution in [0.15, 0.2) is 35.5 Å². The number of rotatable bonds is 3. The van der Waals surface area contributed by atoms with Crippen molar-refractivity contribution < 1.29 is 5.11 Å². The molecule has 27 heavy (non-hydrogen) atoms. The summed E-state index contributed by atoms with van der Waals surface area (Å²) in [5.41, 5.74) is 0.145. The number of aliphatic hydroxyl groups is 1. The minimum atomic E-state index is -1.13. The van der Waals surface area contributed by atoms with Crippen LogP contribution in [0.1, 0.15) is 37.6 Å². The Morgan fingerprint density at radius 2 is 2.26 bits per heavy atom. The number of nitrogens with zero attached hydrogens (tertiary/aromatic N) is 5. The first kappa shape index (κ1) is 17.2. The van der Waals surface area contributed by atoms with E-state index in [-0.39, 0.29) is 11.6 Å². The predicted molar refractivity (Wildman–Crippen MR) is 100 cm³/mol. The zero-order valence-electron chi connectivity index (χ0n) is 15.2. The molecule has 1 fully saturated rings. The van der Waals surface area contributed by atoms with Crippen molar-refractivity contribution in [2.45, 2.75) is 31.9 Å². The fraction of sp³-hybridized carbons (Fsp3) is 0.368. The van der Waals surface area contributed by atoms with E-state index in [9.17, 15) is 15.2 Å². The van der Waals surface area contributed by atoms with E-state index in [2.05, 4.69) is 20.0 Å². The minimum absolute atomic E-state index is 0.0801. The lowest BCUT2D eigenvalue weighted by Gasteiger charge is -2.23. The molecule has 8 nitrogen and oxygen atoms in total. The van der Waals surface area contributed by atoms with Gasteiger partial charge in [-0.2, -0.15) is 10.4 Å². The van der Waals surface area contributed by atoms with Crippen LogP contribution in [0.5, 0.6) is 0 Å². The van der Waals surface area contributed by atoms with Gasteiger partial charge in [0.05, 0.1) is 29.1 Å². The molecule has 0 radical (unpaired) electrons. The third-order valence-electron chi connectivity index (χ3n) is 4.99. The molecule has 2 N–H and O–H groups in total. The first-order chi connectivity index (χ1) is 12.9. The van der Waals surface area contributed by atoms with Crippen molar-refractivity contribution in [2.75, 3.05) is 18.0 Å². The molecule has 8 heteroatoms. The van der Waals surface area contributed by atoms with E-state index in [0.717, 1.165) is 6.42 Å². The van der Waals surface area contributed by atoms with Crippen molar-refractivity contribution in [3.05, 3.63) is 52.3 Å². The van der Waals surface area contributed by atoms with Crippen molar-refractivity contribution in [1.82, 2.24) is 19.7 Å². The monoisotopic (exact) mass is 364 g/mol. The van der Waals surface area contributed by atoms with Gasteiger partial charge in [-0.05, 0) is 32.4 Å². The van der Waals surface area contributed by atoms with Gasteiger partial charge in [-0.1, -0.05) is 0 Å². The highest BCUT2D eigenvalue weighted by atomic mass is 16.3. The zero-order chi connectivity index (χ0) is 19.2. The number of anilines is 1. The molecule has 0 aliphatic carbocycles. The number of fused-ring (bicyclic) bond motifs is 1. The zero-order valence-corrected chi connectivity index (χ0v) is 15.2. The van der Waals surface area contributed by atoms with Crippen LogP contribution in [-0.2, 0) is 5.60 Å². The van der Waals surface area contributed by atoms with Crippen LogP contribution >= 0.6 is 0 Å². The Bertz CT molecular complexity index is 1090. The van der Waals surface area contributed by atoms with Gasteiger partial charge in [0.25, 0.3) is 5.56 Å². The minimum Gasteiger partial charge on any atom is -0.384 e. The Kier molecular flexibility index (Phi) is 3.97. The Morgan fingerprint density at radius 1 is 1.44 bits per heavy atom. The van der Waals surface area contributed by atoms with Gasteiger partial charge in [0.15, 0.2) is 0 Å². The van der Waals surface area contributed by atoms with Gasteiger partial charge in [-0.15, -0.1) is 0 Å². The molecule has 1 aliphatic rings. The van der Waals surface area contributed by atoms with Crippen LogP contribution < -0.4 is 10.5 Å². The smallest absolute Gasteiger partial charge is 0.268 e. The maximum atomic E-state index is 12.4. The number of nitrogens with one attached hydrogen (secondary N) is 1.